The second-order valence-corrected chi connectivity index (χ2v) is 9.19. The molecule has 0 radical (unpaired) electrons. The van der Waals surface area contributed by atoms with Crippen molar-refractivity contribution in [1.82, 2.24) is 14.9 Å². The van der Waals surface area contributed by atoms with Crippen LogP contribution in [0.4, 0.5) is 0 Å². The molecule has 2 aromatic carbocycles. The van der Waals surface area contributed by atoms with E-state index < -0.39 is 0 Å². The Morgan fingerprint density at radius 3 is 2.64 bits per heavy atom. The lowest BCUT2D eigenvalue weighted by atomic mass is 10.0. The highest BCUT2D eigenvalue weighted by Gasteiger charge is 2.16. The molecular weight excluding hydrogens is 481 g/mol. The van der Waals surface area contributed by atoms with Crippen LogP contribution in [0.25, 0.3) is 0 Å². The molecule has 0 atom stereocenters. The largest absolute Gasteiger partial charge is 0.378 e. The third kappa shape index (κ3) is 7.08. The van der Waals surface area contributed by atoms with Gasteiger partial charge in [0.1, 0.15) is 0 Å². The van der Waals surface area contributed by atoms with Gasteiger partial charge < -0.3 is 10.1 Å². The van der Waals surface area contributed by atoms with Gasteiger partial charge in [-0.25, -0.2) is 4.98 Å². The fourth-order valence-electron chi connectivity index (χ4n) is 3.28. The van der Waals surface area contributed by atoms with Crippen LogP contribution in [0.1, 0.15) is 22.4 Å². The van der Waals surface area contributed by atoms with Gasteiger partial charge in [0.25, 0.3) is 5.56 Å². The predicted octanol–water partition coefficient (Wildman–Crippen LogP) is 4.28. The number of hydrogen-bond donors (Lipinski definition) is 1. The summed E-state index contributed by atoms with van der Waals surface area (Å²) in [6.07, 6.45) is 1.06. The molecule has 9 heteroatoms. The summed E-state index contributed by atoms with van der Waals surface area (Å²) in [5.41, 5.74) is 2.98. The summed E-state index contributed by atoms with van der Waals surface area (Å²) in [5, 5.41) is 4.49. The van der Waals surface area contributed by atoms with Crippen LogP contribution in [0.5, 0.6) is 0 Å². The zero-order valence-electron chi connectivity index (χ0n) is 18.4. The lowest BCUT2D eigenvalue weighted by molar-refractivity contribution is -0.118. The summed E-state index contributed by atoms with van der Waals surface area (Å²) in [6.45, 7) is 0.665. The second-order valence-electron chi connectivity index (χ2n) is 7.40. The number of methoxy groups -OCH3 is 1. The first-order chi connectivity index (χ1) is 15.9. The summed E-state index contributed by atoms with van der Waals surface area (Å²) >= 11 is 13.3. The van der Waals surface area contributed by atoms with Crippen LogP contribution < -0.4 is 10.9 Å². The van der Waals surface area contributed by atoms with Crippen molar-refractivity contribution in [3.05, 3.63) is 91.3 Å². The van der Waals surface area contributed by atoms with Gasteiger partial charge in [-0.3, -0.25) is 14.2 Å². The smallest absolute Gasteiger partial charge is 0.257 e. The Morgan fingerprint density at radius 1 is 1.18 bits per heavy atom. The average Bonchev–Trinajstić information content (AvgIpc) is 2.80. The lowest BCUT2D eigenvalue weighted by Gasteiger charge is -2.14. The quantitative estimate of drug-likeness (QED) is 0.329. The maximum absolute atomic E-state index is 13.1. The molecule has 0 bridgehead atoms. The SMILES string of the molecule is COCc1nc(SCC(=O)NCCc2ccc(Cl)cc2Cl)n(C)c(=O)c1Cc1ccccc1. The summed E-state index contributed by atoms with van der Waals surface area (Å²) in [6, 6.07) is 15.1. The summed E-state index contributed by atoms with van der Waals surface area (Å²) in [7, 11) is 3.24. The number of ether oxygens (including phenoxy) is 1. The number of carbonyl (C=O) groups excluding carboxylic acids is 1. The van der Waals surface area contributed by atoms with Gasteiger partial charge >= 0.3 is 0 Å². The molecule has 3 aromatic rings. The van der Waals surface area contributed by atoms with E-state index in [0.717, 1.165) is 11.1 Å². The Hall–Kier alpha value is -2.32. The molecule has 0 saturated carbocycles. The highest BCUT2D eigenvalue weighted by Crippen LogP contribution is 2.21. The van der Waals surface area contributed by atoms with E-state index in [1.807, 2.05) is 36.4 Å². The van der Waals surface area contributed by atoms with E-state index in [2.05, 4.69) is 10.3 Å². The Labute approximate surface area is 207 Å². The number of nitrogens with one attached hydrogen (secondary N) is 1. The molecule has 0 unspecified atom stereocenters. The minimum Gasteiger partial charge on any atom is -0.378 e. The fourth-order valence-corrected chi connectivity index (χ4v) is 4.59. The number of hydrogen-bond acceptors (Lipinski definition) is 5. The molecule has 1 heterocycles. The van der Waals surface area contributed by atoms with Crippen LogP contribution >= 0.6 is 35.0 Å². The van der Waals surface area contributed by atoms with Crippen molar-refractivity contribution in [2.24, 2.45) is 7.05 Å². The molecule has 6 nitrogen and oxygen atoms in total. The van der Waals surface area contributed by atoms with Crippen molar-refractivity contribution in [1.29, 1.82) is 0 Å². The lowest BCUT2D eigenvalue weighted by Crippen LogP contribution is -2.29. The van der Waals surface area contributed by atoms with Gasteiger partial charge in [0.05, 0.1) is 18.1 Å². The van der Waals surface area contributed by atoms with Gasteiger partial charge in [-0.2, -0.15) is 0 Å². The fraction of sp³-hybridized carbons (Fsp3) is 0.292. The molecule has 1 aromatic heterocycles. The van der Waals surface area contributed by atoms with Crippen molar-refractivity contribution in [2.75, 3.05) is 19.4 Å². The number of carbonyl (C=O) groups is 1. The van der Waals surface area contributed by atoms with Crippen molar-refractivity contribution in [2.45, 2.75) is 24.6 Å². The molecule has 0 aliphatic rings. The van der Waals surface area contributed by atoms with Crippen LogP contribution in [0.15, 0.2) is 58.5 Å². The minimum atomic E-state index is -0.152. The summed E-state index contributed by atoms with van der Waals surface area (Å²) < 4.78 is 6.76. The van der Waals surface area contributed by atoms with Gasteiger partial charge in [0.15, 0.2) is 5.16 Å². The third-order valence-corrected chi connectivity index (χ3v) is 6.61. The molecule has 33 heavy (non-hydrogen) atoms. The third-order valence-electron chi connectivity index (χ3n) is 5.00. The summed E-state index contributed by atoms with van der Waals surface area (Å²) in [5.74, 6) is -0.0139. The van der Waals surface area contributed by atoms with Gasteiger partial charge in [-0.15, -0.1) is 0 Å². The van der Waals surface area contributed by atoms with Crippen molar-refractivity contribution in [3.63, 3.8) is 0 Å². The first kappa shape index (κ1) is 25.3. The van der Waals surface area contributed by atoms with Crippen molar-refractivity contribution >= 4 is 40.9 Å². The zero-order chi connectivity index (χ0) is 23.8. The first-order valence-corrected chi connectivity index (χ1v) is 12.1. The molecule has 1 N–H and O–H groups in total. The molecular formula is C24H25Cl2N3O3S. The zero-order valence-corrected chi connectivity index (χ0v) is 20.8. The van der Waals surface area contributed by atoms with E-state index in [1.165, 1.54) is 16.3 Å². The molecule has 1 amide bonds. The van der Waals surface area contributed by atoms with Gasteiger partial charge in [0, 0.05) is 42.7 Å². The maximum Gasteiger partial charge on any atom is 0.257 e. The normalized spacial score (nSPS) is 10.9. The number of thioether (sulfide) groups is 1. The number of benzene rings is 2. The molecule has 0 spiro atoms. The highest BCUT2D eigenvalue weighted by molar-refractivity contribution is 7.99. The standard InChI is InChI=1S/C24H25Cl2N3O3S/c1-29-23(31)19(12-16-6-4-3-5-7-16)21(14-32-2)28-24(29)33-15-22(30)27-11-10-17-8-9-18(25)13-20(17)26/h3-9,13H,10-12,14-15H2,1-2H3,(H,27,30). The van der Waals surface area contributed by atoms with E-state index in [9.17, 15) is 9.59 Å². The Balaban J connectivity index is 1.64. The van der Waals surface area contributed by atoms with Gasteiger partial charge in [-0.05, 0) is 29.7 Å². The minimum absolute atomic E-state index is 0.138. The second kappa shape index (κ2) is 12.2. The van der Waals surface area contributed by atoms with Crippen LogP contribution in [0, 0.1) is 0 Å². The van der Waals surface area contributed by atoms with Crippen LogP contribution in [-0.2, 0) is 36.0 Å². The van der Waals surface area contributed by atoms with Crippen molar-refractivity contribution in [3.8, 4) is 0 Å². The van der Waals surface area contributed by atoms with E-state index in [0.29, 0.717) is 45.8 Å². The van der Waals surface area contributed by atoms with Gasteiger partial charge in [0.2, 0.25) is 5.91 Å². The van der Waals surface area contributed by atoms with E-state index in [-0.39, 0.29) is 23.8 Å². The molecule has 0 fully saturated rings. The topological polar surface area (TPSA) is 73.2 Å². The molecule has 0 aliphatic heterocycles. The van der Waals surface area contributed by atoms with E-state index in [1.54, 1.807) is 26.3 Å². The van der Waals surface area contributed by atoms with E-state index in [4.69, 9.17) is 27.9 Å². The van der Waals surface area contributed by atoms with Gasteiger partial charge in [-0.1, -0.05) is 71.4 Å². The average molecular weight is 506 g/mol. The molecule has 0 saturated heterocycles. The molecule has 174 valence electrons. The highest BCUT2D eigenvalue weighted by atomic mass is 35.5. The van der Waals surface area contributed by atoms with Crippen LogP contribution in [0.2, 0.25) is 10.0 Å². The number of aromatic nitrogens is 2. The van der Waals surface area contributed by atoms with Crippen LogP contribution in [0.3, 0.4) is 0 Å². The Bertz CT molecular complexity index is 1170. The van der Waals surface area contributed by atoms with E-state index >= 15 is 0 Å². The molecule has 3 rings (SSSR count). The monoisotopic (exact) mass is 505 g/mol. The number of amides is 1. The maximum atomic E-state index is 13.1. The van der Waals surface area contributed by atoms with Crippen molar-refractivity contribution < 1.29 is 9.53 Å². The summed E-state index contributed by atoms with van der Waals surface area (Å²) in [4.78, 5) is 30.0. The molecule has 0 aliphatic carbocycles. The number of rotatable bonds is 10. The number of halogens is 2. The first-order valence-electron chi connectivity index (χ1n) is 10.3. The van der Waals surface area contributed by atoms with Crippen LogP contribution in [-0.4, -0.2) is 34.9 Å². The Kier molecular flexibility index (Phi) is 9.38. The Morgan fingerprint density at radius 2 is 1.94 bits per heavy atom. The number of nitrogens with zero attached hydrogens (tertiary/aromatic N) is 2. The predicted molar refractivity (Wildman–Crippen MR) is 133 cm³/mol.